The Morgan fingerprint density at radius 2 is 1.89 bits per heavy atom. The largest absolute Gasteiger partial charge is 0.376 e. The van der Waals surface area contributed by atoms with E-state index in [9.17, 15) is 0 Å². The standard InChI is InChI=1S/C15H31NO2/c1-5-14-6-8-15(9-7-14,12-16-4)18-11-10-17-13(2)3/h13-14,16H,5-12H2,1-4H3. The molecule has 1 N–H and O–H groups in total. The molecule has 1 saturated carbocycles. The van der Waals surface area contributed by atoms with Gasteiger partial charge in [-0.1, -0.05) is 13.3 Å². The van der Waals surface area contributed by atoms with Crippen LogP contribution in [0.5, 0.6) is 0 Å². The van der Waals surface area contributed by atoms with Crippen LogP contribution in [0.15, 0.2) is 0 Å². The van der Waals surface area contributed by atoms with Gasteiger partial charge in [-0.15, -0.1) is 0 Å². The van der Waals surface area contributed by atoms with Crippen LogP contribution in [-0.2, 0) is 9.47 Å². The van der Waals surface area contributed by atoms with Crippen LogP contribution in [0, 0.1) is 5.92 Å². The van der Waals surface area contributed by atoms with Gasteiger partial charge in [0, 0.05) is 6.54 Å². The van der Waals surface area contributed by atoms with E-state index in [1.165, 1.54) is 32.1 Å². The number of hydrogen-bond acceptors (Lipinski definition) is 3. The van der Waals surface area contributed by atoms with Crippen molar-refractivity contribution in [2.24, 2.45) is 5.92 Å². The molecule has 1 fully saturated rings. The summed E-state index contributed by atoms with van der Waals surface area (Å²) in [5, 5.41) is 3.29. The maximum atomic E-state index is 6.17. The third-order valence-electron chi connectivity index (χ3n) is 4.04. The third-order valence-corrected chi connectivity index (χ3v) is 4.04. The van der Waals surface area contributed by atoms with E-state index in [2.05, 4.69) is 26.1 Å². The predicted molar refractivity (Wildman–Crippen MR) is 75.9 cm³/mol. The minimum Gasteiger partial charge on any atom is -0.376 e. The van der Waals surface area contributed by atoms with Gasteiger partial charge in [0.15, 0.2) is 0 Å². The monoisotopic (exact) mass is 257 g/mol. The lowest BCUT2D eigenvalue weighted by Gasteiger charge is -2.40. The zero-order chi connectivity index (χ0) is 13.4. The van der Waals surface area contributed by atoms with Crippen LogP contribution in [0.25, 0.3) is 0 Å². The van der Waals surface area contributed by atoms with Crippen LogP contribution < -0.4 is 5.32 Å². The summed E-state index contributed by atoms with van der Waals surface area (Å²) in [4.78, 5) is 0. The van der Waals surface area contributed by atoms with E-state index in [1.54, 1.807) is 0 Å². The summed E-state index contributed by atoms with van der Waals surface area (Å²) >= 11 is 0. The van der Waals surface area contributed by atoms with Gasteiger partial charge in [-0.25, -0.2) is 0 Å². The van der Waals surface area contributed by atoms with Gasteiger partial charge in [-0.05, 0) is 52.5 Å². The molecule has 108 valence electrons. The summed E-state index contributed by atoms with van der Waals surface area (Å²) in [6.07, 6.45) is 6.60. The van der Waals surface area contributed by atoms with Crippen LogP contribution in [0.3, 0.4) is 0 Å². The molecule has 1 aliphatic rings. The van der Waals surface area contributed by atoms with Gasteiger partial charge >= 0.3 is 0 Å². The van der Waals surface area contributed by atoms with Gasteiger partial charge in [-0.3, -0.25) is 0 Å². The van der Waals surface area contributed by atoms with E-state index >= 15 is 0 Å². The first-order chi connectivity index (χ1) is 8.62. The molecule has 0 aromatic heterocycles. The molecule has 0 heterocycles. The predicted octanol–water partition coefficient (Wildman–Crippen LogP) is 2.99. The van der Waals surface area contributed by atoms with Crippen molar-refractivity contribution in [1.29, 1.82) is 0 Å². The molecule has 1 aliphatic carbocycles. The molecule has 0 bridgehead atoms. The first kappa shape index (κ1) is 15.9. The average molecular weight is 257 g/mol. The second-order valence-electron chi connectivity index (χ2n) is 5.83. The Labute approximate surface area is 113 Å². The quantitative estimate of drug-likeness (QED) is 0.678. The lowest BCUT2D eigenvalue weighted by molar-refractivity contribution is -0.0968. The highest BCUT2D eigenvalue weighted by Gasteiger charge is 2.35. The molecule has 0 aliphatic heterocycles. The molecule has 3 nitrogen and oxygen atoms in total. The molecule has 0 radical (unpaired) electrons. The second kappa shape index (κ2) is 8.13. The molecular weight excluding hydrogens is 226 g/mol. The Morgan fingerprint density at radius 1 is 1.22 bits per heavy atom. The van der Waals surface area contributed by atoms with E-state index in [-0.39, 0.29) is 5.60 Å². The summed E-state index contributed by atoms with van der Waals surface area (Å²) in [6.45, 7) is 8.82. The van der Waals surface area contributed by atoms with Crippen molar-refractivity contribution in [1.82, 2.24) is 5.32 Å². The number of rotatable bonds is 8. The van der Waals surface area contributed by atoms with Gasteiger partial charge in [0.1, 0.15) is 0 Å². The molecule has 0 spiro atoms. The minimum absolute atomic E-state index is 0.0563. The van der Waals surface area contributed by atoms with Crippen molar-refractivity contribution in [2.75, 3.05) is 26.8 Å². The third kappa shape index (κ3) is 5.25. The van der Waals surface area contributed by atoms with Crippen molar-refractivity contribution < 1.29 is 9.47 Å². The van der Waals surface area contributed by atoms with Crippen molar-refractivity contribution in [3.8, 4) is 0 Å². The first-order valence-electron chi connectivity index (χ1n) is 7.52. The molecule has 3 heteroatoms. The molecule has 0 atom stereocenters. The highest BCUT2D eigenvalue weighted by molar-refractivity contribution is 4.88. The van der Waals surface area contributed by atoms with E-state index in [0.717, 1.165) is 19.1 Å². The minimum atomic E-state index is 0.0563. The van der Waals surface area contributed by atoms with E-state index in [4.69, 9.17) is 9.47 Å². The normalized spacial score (nSPS) is 28.8. The van der Waals surface area contributed by atoms with Gasteiger partial charge < -0.3 is 14.8 Å². The van der Waals surface area contributed by atoms with Crippen molar-refractivity contribution in [2.45, 2.75) is 64.6 Å². The van der Waals surface area contributed by atoms with Crippen molar-refractivity contribution in [3.63, 3.8) is 0 Å². The van der Waals surface area contributed by atoms with Crippen LogP contribution in [-0.4, -0.2) is 38.5 Å². The summed E-state index contributed by atoms with van der Waals surface area (Å²) in [7, 11) is 2.02. The van der Waals surface area contributed by atoms with E-state index in [0.29, 0.717) is 12.7 Å². The fourth-order valence-corrected chi connectivity index (χ4v) is 2.85. The first-order valence-corrected chi connectivity index (χ1v) is 7.52. The number of likely N-dealkylation sites (N-methyl/N-ethyl adjacent to an activating group) is 1. The zero-order valence-electron chi connectivity index (χ0n) is 12.6. The van der Waals surface area contributed by atoms with Crippen LogP contribution in [0.1, 0.15) is 52.9 Å². The van der Waals surface area contributed by atoms with E-state index < -0.39 is 0 Å². The fraction of sp³-hybridized carbons (Fsp3) is 1.00. The lowest BCUT2D eigenvalue weighted by atomic mass is 9.77. The Balaban J connectivity index is 2.34. The summed E-state index contributed by atoms with van der Waals surface area (Å²) < 4.78 is 11.7. The molecule has 1 rings (SSSR count). The van der Waals surface area contributed by atoms with Crippen molar-refractivity contribution >= 4 is 0 Å². The molecule has 0 aromatic rings. The Morgan fingerprint density at radius 3 is 2.39 bits per heavy atom. The number of nitrogens with one attached hydrogen (secondary N) is 1. The lowest BCUT2D eigenvalue weighted by Crippen LogP contribution is -2.45. The molecule has 0 saturated heterocycles. The highest BCUT2D eigenvalue weighted by Crippen LogP contribution is 2.35. The van der Waals surface area contributed by atoms with Gasteiger partial charge in [0.05, 0.1) is 24.9 Å². The summed E-state index contributed by atoms with van der Waals surface area (Å²) in [5.41, 5.74) is 0.0563. The molecule has 0 aromatic carbocycles. The van der Waals surface area contributed by atoms with Gasteiger partial charge in [0.2, 0.25) is 0 Å². The molecule has 18 heavy (non-hydrogen) atoms. The Bertz CT molecular complexity index is 211. The molecule has 0 unspecified atom stereocenters. The van der Waals surface area contributed by atoms with E-state index in [1.807, 2.05) is 7.05 Å². The summed E-state index contributed by atoms with van der Waals surface area (Å²) in [5.74, 6) is 0.908. The maximum absolute atomic E-state index is 6.17. The molecule has 0 amide bonds. The van der Waals surface area contributed by atoms with Gasteiger partial charge in [0.25, 0.3) is 0 Å². The van der Waals surface area contributed by atoms with Crippen LogP contribution >= 0.6 is 0 Å². The topological polar surface area (TPSA) is 30.5 Å². The van der Waals surface area contributed by atoms with Crippen molar-refractivity contribution in [3.05, 3.63) is 0 Å². The summed E-state index contributed by atoms with van der Waals surface area (Å²) in [6, 6.07) is 0. The second-order valence-corrected chi connectivity index (χ2v) is 5.83. The maximum Gasteiger partial charge on any atom is 0.0807 e. The SMILES string of the molecule is CCC1CCC(CNC)(OCCOC(C)C)CC1. The smallest absolute Gasteiger partial charge is 0.0807 e. The average Bonchev–Trinajstić information content (AvgIpc) is 2.36. The highest BCUT2D eigenvalue weighted by atomic mass is 16.5. The number of hydrogen-bond donors (Lipinski definition) is 1. The fourth-order valence-electron chi connectivity index (χ4n) is 2.85. The number of ether oxygens (including phenoxy) is 2. The zero-order valence-corrected chi connectivity index (χ0v) is 12.6. The van der Waals surface area contributed by atoms with Crippen LogP contribution in [0.2, 0.25) is 0 Å². The molecular formula is C15H31NO2. The van der Waals surface area contributed by atoms with Crippen LogP contribution in [0.4, 0.5) is 0 Å². The Hall–Kier alpha value is -0.120. The Kier molecular flexibility index (Phi) is 7.20. The van der Waals surface area contributed by atoms with Gasteiger partial charge in [-0.2, -0.15) is 0 Å².